The van der Waals surface area contributed by atoms with Gasteiger partial charge in [0.2, 0.25) is 0 Å². The lowest BCUT2D eigenvalue weighted by Crippen LogP contribution is -2.34. The Balaban J connectivity index is 1.61. The zero-order chi connectivity index (χ0) is 23.4. The number of hydrogen-bond acceptors (Lipinski definition) is 7. The second kappa shape index (κ2) is 9.34. The van der Waals surface area contributed by atoms with E-state index in [1.807, 2.05) is 19.9 Å². The van der Waals surface area contributed by atoms with Gasteiger partial charge in [-0.1, -0.05) is 6.07 Å². The van der Waals surface area contributed by atoms with Crippen LogP contribution in [-0.4, -0.2) is 35.7 Å². The van der Waals surface area contributed by atoms with E-state index in [2.05, 4.69) is 20.4 Å². The van der Waals surface area contributed by atoms with Crippen LogP contribution in [0.3, 0.4) is 0 Å². The third-order valence-electron chi connectivity index (χ3n) is 4.87. The molecule has 0 radical (unpaired) electrons. The molecule has 0 saturated carbocycles. The summed E-state index contributed by atoms with van der Waals surface area (Å²) in [4.78, 5) is 40.1. The molecule has 0 unspecified atom stereocenters. The number of carbonyl (C=O) groups is 3. The molecule has 0 saturated heterocycles. The normalized spacial score (nSPS) is 14.4. The number of methoxy groups -OCH3 is 1. The van der Waals surface area contributed by atoms with Crippen LogP contribution in [0.2, 0.25) is 0 Å². The Morgan fingerprint density at radius 2 is 1.84 bits per heavy atom. The summed E-state index contributed by atoms with van der Waals surface area (Å²) in [6.07, 6.45) is 1.45. The van der Waals surface area contributed by atoms with E-state index in [1.165, 1.54) is 13.2 Å². The van der Waals surface area contributed by atoms with E-state index in [0.29, 0.717) is 22.9 Å². The lowest BCUT2D eigenvalue weighted by atomic mass is 10.1. The highest BCUT2D eigenvalue weighted by Crippen LogP contribution is 2.26. The summed E-state index contributed by atoms with van der Waals surface area (Å²) in [5.41, 5.74) is 3.09. The summed E-state index contributed by atoms with van der Waals surface area (Å²) >= 11 is 0. The predicted molar refractivity (Wildman–Crippen MR) is 118 cm³/mol. The molecular weight excluding hydrogens is 414 g/mol. The molecule has 1 aliphatic heterocycles. The zero-order valence-electron chi connectivity index (χ0n) is 18.1. The molecule has 166 valence electrons. The first-order valence-electron chi connectivity index (χ1n) is 9.74. The molecular formula is C23H23N3O6. The van der Waals surface area contributed by atoms with Crippen molar-refractivity contribution in [3.8, 4) is 0 Å². The highest BCUT2D eigenvalue weighted by Gasteiger charge is 2.27. The van der Waals surface area contributed by atoms with Crippen molar-refractivity contribution in [2.24, 2.45) is 4.99 Å². The number of hydrogen-bond donors (Lipinski definition) is 3. The van der Waals surface area contributed by atoms with Crippen molar-refractivity contribution < 1.29 is 28.6 Å². The van der Waals surface area contributed by atoms with E-state index in [9.17, 15) is 19.5 Å². The van der Waals surface area contributed by atoms with Gasteiger partial charge in [-0.25, -0.2) is 9.79 Å². The fourth-order valence-electron chi connectivity index (χ4n) is 2.99. The largest absolute Gasteiger partial charge is 0.505 e. The molecule has 9 heteroatoms. The summed E-state index contributed by atoms with van der Waals surface area (Å²) in [6.45, 7) is 5.44. The third kappa shape index (κ3) is 4.94. The van der Waals surface area contributed by atoms with Crippen molar-refractivity contribution in [2.75, 3.05) is 12.4 Å². The number of esters is 1. The van der Waals surface area contributed by atoms with E-state index < -0.39 is 17.8 Å². The van der Waals surface area contributed by atoms with Crippen molar-refractivity contribution >= 4 is 35.3 Å². The van der Waals surface area contributed by atoms with Crippen molar-refractivity contribution in [3.05, 3.63) is 70.0 Å². The van der Waals surface area contributed by atoms with Crippen LogP contribution in [0.5, 0.6) is 0 Å². The minimum atomic E-state index is -0.807. The van der Waals surface area contributed by atoms with E-state index in [0.717, 1.165) is 11.1 Å². The van der Waals surface area contributed by atoms with Gasteiger partial charge in [-0.05, 0) is 56.2 Å². The van der Waals surface area contributed by atoms with Gasteiger partial charge in [0.1, 0.15) is 22.8 Å². The number of amides is 2. The number of furan rings is 1. The highest BCUT2D eigenvalue weighted by atomic mass is 16.5. The van der Waals surface area contributed by atoms with Crippen LogP contribution >= 0.6 is 0 Å². The summed E-state index contributed by atoms with van der Waals surface area (Å²) in [6, 6.07) is 8.59. The summed E-state index contributed by atoms with van der Waals surface area (Å²) < 4.78 is 10.2. The molecule has 1 aliphatic rings. The Hall–Kier alpha value is -4.14. The molecule has 32 heavy (non-hydrogen) atoms. The zero-order valence-corrected chi connectivity index (χ0v) is 18.1. The third-order valence-corrected chi connectivity index (χ3v) is 4.87. The van der Waals surface area contributed by atoms with E-state index in [4.69, 9.17) is 4.42 Å². The van der Waals surface area contributed by atoms with Crippen molar-refractivity contribution in [1.82, 2.24) is 5.32 Å². The van der Waals surface area contributed by atoms with Crippen LogP contribution in [0, 0.1) is 13.8 Å². The minimum Gasteiger partial charge on any atom is -0.505 e. The number of aliphatic hydroxyl groups is 1. The smallest absolute Gasteiger partial charge is 0.343 e. The highest BCUT2D eigenvalue weighted by molar-refractivity contribution is 6.39. The van der Waals surface area contributed by atoms with Crippen LogP contribution in [0.4, 0.5) is 5.69 Å². The average Bonchev–Trinajstić information content (AvgIpc) is 3.32. The average molecular weight is 437 g/mol. The Morgan fingerprint density at radius 3 is 2.53 bits per heavy atom. The molecule has 0 bridgehead atoms. The van der Waals surface area contributed by atoms with Crippen molar-refractivity contribution in [3.63, 3.8) is 0 Å². The van der Waals surface area contributed by atoms with Crippen LogP contribution in [0.25, 0.3) is 6.08 Å². The molecule has 0 aliphatic carbocycles. The monoisotopic (exact) mass is 437 g/mol. The standard InChI is InChI=1S/C23H23N3O6/c1-12-5-6-15(9-13(12)2)26-22(29)21(28)24-11-17-8-7-16(32-17)10-18-20(27)19(14(3)25-18)23(30)31-4/h5-10,27H,11H2,1-4H3,(H,24,28)(H,26,29)/b18-10-. The number of anilines is 1. The number of aliphatic hydroxyl groups excluding tert-OH is 1. The fourth-order valence-corrected chi connectivity index (χ4v) is 2.99. The number of carbonyl (C=O) groups excluding carboxylic acids is 3. The maximum atomic E-state index is 12.1. The predicted octanol–water partition coefficient (Wildman–Crippen LogP) is 2.95. The number of nitrogens with zero attached hydrogens (tertiary/aromatic N) is 1. The van der Waals surface area contributed by atoms with E-state index >= 15 is 0 Å². The van der Waals surface area contributed by atoms with Crippen LogP contribution in [-0.2, 0) is 25.7 Å². The van der Waals surface area contributed by atoms with Gasteiger partial charge < -0.3 is 24.9 Å². The van der Waals surface area contributed by atoms with Gasteiger partial charge in [-0.3, -0.25) is 9.59 Å². The quantitative estimate of drug-likeness (QED) is 0.487. The Bertz CT molecular complexity index is 1190. The molecule has 0 atom stereocenters. The minimum absolute atomic E-state index is 0.00687. The van der Waals surface area contributed by atoms with E-state index in [1.54, 1.807) is 31.2 Å². The second-order valence-corrected chi connectivity index (χ2v) is 7.18. The first-order chi connectivity index (χ1) is 15.2. The van der Waals surface area contributed by atoms with Gasteiger partial charge in [0.15, 0.2) is 5.76 Å². The lowest BCUT2D eigenvalue weighted by Gasteiger charge is -2.07. The molecule has 0 spiro atoms. The van der Waals surface area contributed by atoms with Gasteiger partial charge in [0.25, 0.3) is 0 Å². The van der Waals surface area contributed by atoms with Crippen molar-refractivity contribution in [1.29, 1.82) is 0 Å². The fraction of sp³-hybridized carbons (Fsp3) is 0.217. The maximum Gasteiger partial charge on any atom is 0.343 e. The Kier molecular flexibility index (Phi) is 6.58. The SMILES string of the molecule is COC(=O)C1=C(O)/C(=C/c2ccc(CNC(=O)C(=O)Nc3ccc(C)c(C)c3)o2)N=C1C. The molecule has 1 aromatic heterocycles. The first-order valence-corrected chi connectivity index (χ1v) is 9.74. The van der Waals surface area contributed by atoms with Crippen LogP contribution in [0.15, 0.2) is 56.8 Å². The summed E-state index contributed by atoms with van der Waals surface area (Å²) in [7, 11) is 1.22. The lowest BCUT2D eigenvalue weighted by molar-refractivity contribution is -0.136. The molecule has 3 N–H and O–H groups in total. The number of ether oxygens (including phenoxy) is 1. The maximum absolute atomic E-state index is 12.1. The molecule has 0 fully saturated rings. The molecule has 2 amide bonds. The Labute approximate surface area is 184 Å². The van der Waals surface area contributed by atoms with Crippen LogP contribution in [0.1, 0.15) is 29.6 Å². The molecule has 9 nitrogen and oxygen atoms in total. The van der Waals surface area contributed by atoms with Gasteiger partial charge in [-0.15, -0.1) is 0 Å². The van der Waals surface area contributed by atoms with Gasteiger partial charge in [-0.2, -0.15) is 0 Å². The summed E-state index contributed by atoms with van der Waals surface area (Å²) in [5.74, 6) is -1.85. The number of aryl methyl sites for hydroxylation is 2. The Morgan fingerprint density at radius 1 is 1.09 bits per heavy atom. The molecule has 2 aromatic rings. The van der Waals surface area contributed by atoms with Gasteiger partial charge >= 0.3 is 17.8 Å². The molecule has 2 heterocycles. The molecule has 3 rings (SSSR count). The first kappa shape index (κ1) is 22.5. The van der Waals surface area contributed by atoms with E-state index in [-0.39, 0.29) is 23.6 Å². The number of benzene rings is 1. The van der Waals surface area contributed by atoms with Gasteiger partial charge in [0.05, 0.1) is 19.4 Å². The van der Waals surface area contributed by atoms with Crippen molar-refractivity contribution in [2.45, 2.75) is 27.3 Å². The summed E-state index contributed by atoms with van der Waals surface area (Å²) in [5, 5.41) is 15.3. The topological polar surface area (TPSA) is 130 Å². The number of aliphatic imine (C=N–C) groups is 1. The number of rotatable bonds is 5. The molecule has 1 aromatic carbocycles. The van der Waals surface area contributed by atoms with Gasteiger partial charge in [0, 0.05) is 11.8 Å². The van der Waals surface area contributed by atoms with Crippen LogP contribution < -0.4 is 10.6 Å². The second-order valence-electron chi connectivity index (χ2n) is 7.18. The number of nitrogens with one attached hydrogen (secondary N) is 2.